The molecule has 0 amide bonds. The normalized spacial score (nSPS) is 13.1. The summed E-state index contributed by atoms with van der Waals surface area (Å²) >= 11 is 6.82. The number of aromatic nitrogens is 3. The molecule has 1 N–H and O–H groups in total. The van der Waals surface area contributed by atoms with E-state index in [0.29, 0.717) is 52.3 Å². The quantitative estimate of drug-likeness (QED) is 0.153. The molecule has 2 aromatic heterocycles. The van der Waals surface area contributed by atoms with Crippen molar-refractivity contribution < 1.29 is 19.2 Å². The molecule has 208 valence electrons. The Labute approximate surface area is 245 Å². The van der Waals surface area contributed by atoms with E-state index in [-0.39, 0.29) is 6.73 Å². The van der Waals surface area contributed by atoms with Crippen LogP contribution < -0.4 is 10.2 Å². The fourth-order valence-electron chi connectivity index (χ4n) is 4.76. The fourth-order valence-corrected chi connectivity index (χ4v) is 5.77. The zero-order valence-corrected chi connectivity index (χ0v) is 25.1. The van der Waals surface area contributed by atoms with Crippen molar-refractivity contribution in [2.24, 2.45) is 0 Å². The predicted octanol–water partition coefficient (Wildman–Crippen LogP) is 6.74. The molecule has 1 aliphatic heterocycles. The van der Waals surface area contributed by atoms with Gasteiger partial charge in [0.2, 0.25) is 0 Å². The lowest BCUT2D eigenvalue weighted by atomic mass is 9.79. The third-order valence-corrected chi connectivity index (χ3v) is 9.12. The van der Waals surface area contributed by atoms with Crippen LogP contribution in [0.3, 0.4) is 0 Å². The van der Waals surface area contributed by atoms with Crippen molar-refractivity contribution in [3.8, 4) is 34.1 Å². The van der Waals surface area contributed by atoms with Crippen LogP contribution in [0, 0.1) is 0 Å². The smallest absolute Gasteiger partial charge is 0.425 e. The minimum absolute atomic E-state index is 0.246. The highest BCUT2D eigenvalue weighted by molar-refractivity contribution is 6.76. The van der Waals surface area contributed by atoms with Gasteiger partial charge in [-0.2, -0.15) is 4.98 Å². The SMILES string of the molecule is C[Si](C)(C)CCOCn1c(Oc2ccc3c(c2)B(O)OC3)nc2nc(-c3ccc(-c4ccccc4)cc3)c(Cl)cc21. The second-order valence-corrected chi connectivity index (χ2v) is 17.4. The van der Waals surface area contributed by atoms with E-state index in [1.807, 2.05) is 53.1 Å². The molecule has 0 radical (unpaired) electrons. The second-order valence-electron chi connectivity index (χ2n) is 11.4. The number of rotatable bonds is 9. The maximum Gasteiger partial charge on any atom is 0.491 e. The first-order valence-electron chi connectivity index (χ1n) is 13.7. The molecular formula is C31H31BClN3O4Si. The molecule has 5 aromatic rings. The molecule has 7 nitrogen and oxygen atoms in total. The molecule has 1 aliphatic rings. The van der Waals surface area contributed by atoms with Crippen LogP contribution in [-0.4, -0.2) is 41.4 Å². The third-order valence-electron chi connectivity index (χ3n) is 7.13. The first kappa shape index (κ1) is 27.7. The highest BCUT2D eigenvalue weighted by Gasteiger charge is 2.28. The number of hydrogen-bond donors (Lipinski definition) is 1. The molecule has 3 heterocycles. The topological polar surface area (TPSA) is 78.6 Å². The Morgan fingerprint density at radius 3 is 2.44 bits per heavy atom. The number of ether oxygens (including phenoxy) is 2. The summed E-state index contributed by atoms with van der Waals surface area (Å²) in [4.78, 5) is 9.60. The molecule has 0 unspecified atom stereocenters. The maximum atomic E-state index is 10.2. The molecular weight excluding hydrogens is 553 g/mol. The van der Waals surface area contributed by atoms with Crippen molar-refractivity contribution in [1.29, 1.82) is 0 Å². The van der Waals surface area contributed by atoms with Crippen molar-refractivity contribution in [2.75, 3.05) is 6.61 Å². The average Bonchev–Trinajstić information content (AvgIpc) is 3.49. The van der Waals surface area contributed by atoms with Gasteiger partial charge in [0.25, 0.3) is 0 Å². The molecule has 0 aliphatic carbocycles. The first-order valence-corrected chi connectivity index (χ1v) is 17.7. The standard InChI is InChI=1S/C31H31BClN3O4Si/c1-41(2,3)16-15-38-20-36-28-18-27(33)29(23-11-9-22(10-12-23)21-7-5-4-6-8-21)34-30(28)35-31(36)40-25-14-13-24-19-39-32(37)26(24)17-25/h4-14,17-18,37H,15-16,19-20H2,1-3H3. The van der Waals surface area contributed by atoms with Gasteiger partial charge in [0.05, 0.1) is 22.8 Å². The van der Waals surface area contributed by atoms with Gasteiger partial charge in [-0.1, -0.05) is 91.9 Å². The largest absolute Gasteiger partial charge is 0.491 e. The summed E-state index contributed by atoms with van der Waals surface area (Å²) in [5.41, 5.74) is 6.65. The van der Waals surface area contributed by atoms with Crippen LogP contribution in [-0.2, 0) is 22.7 Å². The average molecular weight is 584 g/mol. The zero-order valence-electron chi connectivity index (χ0n) is 23.3. The number of nitrogens with zero attached hydrogens (tertiary/aromatic N) is 3. The van der Waals surface area contributed by atoms with Crippen molar-refractivity contribution in [2.45, 2.75) is 39.0 Å². The van der Waals surface area contributed by atoms with Gasteiger partial charge in [-0.3, -0.25) is 4.57 Å². The Bertz CT molecular complexity index is 1690. The summed E-state index contributed by atoms with van der Waals surface area (Å²) < 4.78 is 19.5. The molecule has 0 bridgehead atoms. The summed E-state index contributed by atoms with van der Waals surface area (Å²) in [6, 6.07) is 27.2. The molecule has 3 aromatic carbocycles. The Morgan fingerprint density at radius 1 is 0.951 bits per heavy atom. The highest BCUT2D eigenvalue weighted by atomic mass is 35.5. The molecule has 10 heteroatoms. The lowest BCUT2D eigenvalue weighted by Crippen LogP contribution is -2.27. The summed E-state index contributed by atoms with van der Waals surface area (Å²) in [6.07, 6.45) is 0. The van der Waals surface area contributed by atoms with E-state index in [9.17, 15) is 5.02 Å². The van der Waals surface area contributed by atoms with Crippen LogP contribution in [0.5, 0.6) is 11.8 Å². The number of imidazole rings is 1. The van der Waals surface area contributed by atoms with Crippen LogP contribution in [0.1, 0.15) is 5.56 Å². The third kappa shape index (κ3) is 6.10. The van der Waals surface area contributed by atoms with E-state index in [4.69, 9.17) is 35.7 Å². The Balaban J connectivity index is 1.34. The predicted molar refractivity (Wildman–Crippen MR) is 166 cm³/mol. The van der Waals surface area contributed by atoms with Crippen molar-refractivity contribution in [1.82, 2.24) is 14.5 Å². The molecule has 0 spiro atoms. The first-order chi connectivity index (χ1) is 19.7. The van der Waals surface area contributed by atoms with Gasteiger partial charge in [0.1, 0.15) is 12.5 Å². The van der Waals surface area contributed by atoms with Gasteiger partial charge in [-0.15, -0.1) is 0 Å². The fraction of sp³-hybridized carbons (Fsp3) is 0.226. The molecule has 0 atom stereocenters. The van der Waals surface area contributed by atoms with Gasteiger partial charge in [-0.05, 0) is 46.4 Å². The Morgan fingerprint density at radius 2 is 1.68 bits per heavy atom. The van der Waals surface area contributed by atoms with Crippen LogP contribution in [0.2, 0.25) is 30.7 Å². The van der Waals surface area contributed by atoms with E-state index in [1.165, 1.54) is 0 Å². The van der Waals surface area contributed by atoms with Gasteiger partial charge in [0.15, 0.2) is 5.65 Å². The van der Waals surface area contributed by atoms with E-state index in [0.717, 1.165) is 28.3 Å². The van der Waals surface area contributed by atoms with Gasteiger partial charge >= 0.3 is 13.1 Å². The molecule has 0 fully saturated rings. The van der Waals surface area contributed by atoms with E-state index >= 15 is 0 Å². The van der Waals surface area contributed by atoms with Gasteiger partial charge in [0, 0.05) is 20.2 Å². The van der Waals surface area contributed by atoms with Crippen molar-refractivity contribution >= 4 is 43.4 Å². The lowest BCUT2D eigenvalue weighted by molar-refractivity contribution is 0.0850. The monoisotopic (exact) mass is 583 g/mol. The molecule has 41 heavy (non-hydrogen) atoms. The summed E-state index contributed by atoms with van der Waals surface area (Å²) in [5, 5.41) is 10.7. The van der Waals surface area contributed by atoms with Gasteiger partial charge < -0.3 is 19.2 Å². The number of hydrogen-bond acceptors (Lipinski definition) is 6. The number of pyridine rings is 1. The van der Waals surface area contributed by atoms with E-state index in [2.05, 4.69) is 43.9 Å². The highest BCUT2D eigenvalue weighted by Crippen LogP contribution is 2.34. The Kier molecular flexibility index (Phi) is 7.72. The minimum atomic E-state index is -1.25. The molecule has 0 saturated heterocycles. The minimum Gasteiger partial charge on any atom is -0.425 e. The van der Waals surface area contributed by atoms with E-state index < -0.39 is 15.2 Å². The Hall–Kier alpha value is -3.47. The number of halogens is 1. The maximum absolute atomic E-state index is 10.2. The van der Waals surface area contributed by atoms with Crippen LogP contribution in [0.25, 0.3) is 33.5 Å². The van der Waals surface area contributed by atoms with Crippen LogP contribution in [0.4, 0.5) is 0 Å². The van der Waals surface area contributed by atoms with Crippen LogP contribution >= 0.6 is 11.6 Å². The number of fused-ring (bicyclic) bond motifs is 2. The summed E-state index contributed by atoms with van der Waals surface area (Å²) in [7, 11) is -2.22. The summed E-state index contributed by atoms with van der Waals surface area (Å²) in [5.74, 6) is 0.537. The van der Waals surface area contributed by atoms with Crippen molar-refractivity contribution in [3.63, 3.8) is 0 Å². The number of benzene rings is 3. The van der Waals surface area contributed by atoms with Gasteiger partial charge in [-0.25, -0.2) is 4.98 Å². The van der Waals surface area contributed by atoms with E-state index in [1.54, 1.807) is 6.07 Å². The lowest BCUT2D eigenvalue weighted by Gasteiger charge is -2.16. The van der Waals surface area contributed by atoms with Crippen LogP contribution in [0.15, 0.2) is 78.9 Å². The zero-order chi connectivity index (χ0) is 28.6. The summed E-state index contributed by atoms with van der Waals surface area (Å²) in [6.45, 7) is 8.22. The molecule has 6 rings (SSSR count). The molecule has 0 saturated carbocycles. The second kappa shape index (κ2) is 11.4. The van der Waals surface area contributed by atoms with Crippen molar-refractivity contribution in [3.05, 3.63) is 89.4 Å².